The molecule has 0 bridgehead atoms. The summed E-state index contributed by atoms with van der Waals surface area (Å²) in [4.78, 5) is 4.76. The number of nitrogens with zero attached hydrogens (tertiary/aromatic N) is 2. The van der Waals surface area contributed by atoms with Gasteiger partial charge < -0.3 is 15.0 Å². The molecule has 1 aromatic carbocycles. The molecular weight excluding hydrogens is 607 g/mol. The van der Waals surface area contributed by atoms with Crippen LogP contribution in [0.5, 0.6) is 0 Å². The van der Waals surface area contributed by atoms with Gasteiger partial charge in [0, 0.05) is 49.3 Å². The van der Waals surface area contributed by atoms with Gasteiger partial charge in [-0.3, -0.25) is 4.90 Å². The number of ether oxygens (including phenoxy) is 1. The van der Waals surface area contributed by atoms with Crippen molar-refractivity contribution in [2.24, 2.45) is 0 Å². The van der Waals surface area contributed by atoms with Gasteiger partial charge in [0.05, 0.1) is 18.8 Å². The molecule has 2 heterocycles. The molecule has 2 aliphatic heterocycles. The number of nitrogens with one attached hydrogen (secondary N) is 1. The molecule has 4 nitrogen and oxygen atoms in total. The van der Waals surface area contributed by atoms with E-state index in [-0.39, 0.29) is 13.0 Å². The lowest BCUT2D eigenvalue weighted by molar-refractivity contribution is -0.0689. The molecule has 0 spiro atoms. The van der Waals surface area contributed by atoms with Crippen molar-refractivity contribution in [1.29, 1.82) is 0 Å². The molecule has 0 aromatic heterocycles. The van der Waals surface area contributed by atoms with Gasteiger partial charge in [0.1, 0.15) is 0 Å². The lowest BCUT2D eigenvalue weighted by atomic mass is 9.85. The Kier molecular flexibility index (Phi) is 19.6. The van der Waals surface area contributed by atoms with Crippen LogP contribution < -0.4 is 5.32 Å². The second kappa shape index (κ2) is 22.5. The number of benzene rings is 1. The van der Waals surface area contributed by atoms with Crippen molar-refractivity contribution < 1.29 is 17.9 Å². The van der Waals surface area contributed by atoms with E-state index in [9.17, 15) is 13.2 Å². The Labute approximate surface area is 292 Å². The van der Waals surface area contributed by atoms with Gasteiger partial charge in [-0.1, -0.05) is 105 Å². The predicted molar refractivity (Wildman–Crippen MR) is 201 cm³/mol. The number of morpholine rings is 1. The van der Waals surface area contributed by atoms with Crippen molar-refractivity contribution in [2.75, 3.05) is 51.8 Å². The molecule has 274 valence electrons. The zero-order chi connectivity index (χ0) is 34.1. The fraction of sp³-hybridized carbons (Fsp3) is 0.707. The molecule has 1 saturated carbocycles. The van der Waals surface area contributed by atoms with E-state index in [0.717, 1.165) is 81.8 Å². The van der Waals surface area contributed by atoms with E-state index in [2.05, 4.69) is 42.9 Å². The normalized spacial score (nSPS) is 16.8. The molecule has 1 aliphatic carbocycles. The third-order valence-corrected chi connectivity index (χ3v) is 9.95. The first-order valence-electron chi connectivity index (χ1n) is 18.8. The second-order valence-electron chi connectivity index (χ2n) is 13.6. The molecule has 3 aliphatic rings. The molecule has 1 saturated heterocycles. The fourth-order valence-corrected chi connectivity index (χ4v) is 6.88. The number of fused-ring (bicyclic) bond motifs is 1. The Bertz CT molecular complexity index is 1160. The third-order valence-electron chi connectivity index (χ3n) is 9.95. The number of hydrogen-bond acceptors (Lipinski definition) is 4. The van der Waals surface area contributed by atoms with Crippen LogP contribution in [0.1, 0.15) is 149 Å². The molecule has 2 fully saturated rings. The van der Waals surface area contributed by atoms with Crippen molar-refractivity contribution >= 4 is 16.8 Å². The lowest BCUT2D eigenvalue weighted by Crippen LogP contribution is -2.36. The SMILES string of the molecule is C.CCCCCCCCCCN(C)/C(CC)=C(/C)c1cccc2c1C(C(F)(F)F)=CC(=C1CCC1)N2.CCCCCCN1CCOCC1. The largest absolute Gasteiger partial charge is 0.417 e. The highest BCUT2D eigenvalue weighted by molar-refractivity contribution is 5.92. The minimum absolute atomic E-state index is 0. The summed E-state index contributed by atoms with van der Waals surface area (Å²) in [5, 5.41) is 3.32. The average molecular weight is 676 g/mol. The third kappa shape index (κ3) is 13.2. The van der Waals surface area contributed by atoms with Crippen LogP contribution in [0.3, 0.4) is 0 Å². The predicted octanol–water partition coefficient (Wildman–Crippen LogP) is 12.2. The summed E-state index contributed by atoms with van der Waals surface area (Å²) in [6, 6.07) is 5.50. The van der Waals surface area contributed by atoms with E-state index < -0.39 is 11.7 Å². The number of hydrogen-bond donors (Lipinski definition) is 1. The molecule has 7 heteroatoms. The number of rotatable bonds is 17. The molecule has 0 atom stereocenters. The van der Waals surface area contributed by atoms with Crippen LogP contribution in [0.2, 0.25) is 0 Å². The molecule has 0 amide bonds. The Morgan fingerprint density at radius 2 is 1.48 bits per heavy atom. The minimum atomic E-state index is -4.40. The van der Waals surface area contributed by atoms with Crippen LogP contribution in [-0.4, -0.2) is 62.4 Å². The maximum absolute atomic E-state index is 14.3. The second-order valence-corrected chi connectivity index (χ2v) is 13.6. The maximum atomic E-state index is 14.3. The van der Waals surface area contributed by atoms with Gasteiger partial charge in [-0.05, 0) is 80.8 Å². The maximum Gasteiger partial charge on any atom is 0.417 e. The van der Waals surface area contributed by atoms with Crippen molar-refractivity contribution in [2.45, 2.75) is 144 Å². The van der Waals surface area contributed by atoms with E-state index in [1.165, 1.54) is 83.2 Å². The molecule has 4 rings (SSSR count). The van der Waals surface area contributed by atoms with Crippen molar-refractivity contribution in [3.05, 3.63) is 52.4 Å². The van der Waals surface area contributed by atoms with Gasteiger partial charge in [-0.2, -0.15) is 13.2 Å². The van der Waals surface area contributed by atoms with Crippen LogP contribution in [0, 0.1) is 0 Å². The van der Waals surface area contributed by atoms with Gasteiger partial charge in [0.2, 0.25) is 0 Å². The van der Waals surface area contributed by atoms with Gasteiger partial charge in [-0.15, -0.1) is 0 Å². The molecule has 48 heavy (non-hydrogen) atoms. The Hall–Kier alpha value is -2.25. The zero-order valence-corrected chi connectivity index (χ0v) is 30.3. The standard InChI is InChI=1S/C30H43F3N2.C10H21NO.CH4/c1-5-7-8-9-10-11-12-13-20-35(4)28(6-2)22(3)24-18-15-19-26-29(24)25(30(31,32)33)21-27(34-26)23-16-14-17-23;1-2-3-4-5-6-11-7-9-12-10-8-11;/h15,18-19,21,34H,5-14,16-17,20H2,1-4H3;2-10H2,1H3;1H4/b28-22-;;. The van der Waals surface area contributed by atoms with Crippen LogP contribution in [-0.2, 0) is 4.74 Å². The minimum Gasteiger partial charge on any atom is -0.379 e. The van der Waals surface area contributed by atoms with E-state index >= 15 is 0 Å². The number of unbranched alkanes of at least 4 members (excludes halogenated alkanes) is 10. The number of alkyl halides is 3. The first kappa shape index (κ1) is 41.9. The zero-order valence-electron chi connectivity index (χ0n) is 30.3. The Balaban J connectivity index is 0.000000519. The molecule has 0 unspecified atom stereocenters. The average Bonchev–Trinajstić information content (AvgIpc) is 3.03. The van der Waals surface area contributed by atoms with Gasteiger partial charge in [0.25, 0.3) is 0 Å². The lowest BCUT2D eigenvalue weighted by Gasteiger charge is -2.31. The topological polar surface area (TPSA) is 27.7 Å². The van der Waals surface area contributed by atoms with Gasteiger partial charge >= 0.3 is 6.18 Å². The van der Waals surface area contributed by atoms with Crippen LogP contribution >= 0.6 is 0 Å². The van der Waals surface area contributed by atoms with Gasteiger partial charge in [0.15, 0.2) is 0 Å². The van der Waals surface area contributed by atoms with Gasteiger partial charge in [-0.25, -0.2) is 0 Å². The van der Waals surface area contributed by atoms with Crippen LogP contribution in [0.4, 0.5) is 18.9 Å². The van der Waals surface area contributed by atoms with Crippen LogP contribution in [0.15, 0.2) is 41.2 Å². The van der Waals surface area contributed by atoms with E-state index in [1.54, 1.807) is 6.07 Å². The summed E-state index contributed by atoms with van der Waals surface area (Å²) in [7, 11) is 2.08. The summed E-state index contributed by atoms with van der Waals surface area (Å²) in [6.45, 7) is 14.9. The molecular formula is C41H68F3N3O. The van der Waals surface area contributed by atoms with E-state index in [4.69, 9.17) is 4.74 Å². The number of allylic oxidation sites excluding steroid dienone is 5. The summed E-state index contributed by atoms with van der Waals surface area (Å²) in [6.07, 6.45) is 16.2. The molecule has 0 radical (unpaired) electrons. The highest BCUT2D eigenvalue weighted by atomic mass is 19.4. The smallest absolute Gasteiger partial charge is 0.379 e. The summed E-state index contributed by atoms with van der Waals surface area (Å²) in [5.41, 5.74) is 4.77. The first-order valence-corrected chi connectivity index (χ1v) is 18.8. The Morgan fingerprint density at radius 3 is 2.04 bits per heavy atom. The highest BCUT2D eigenvalue weighted by Crippen LogP contribution is 2.46. The number of halogens is 3. The van der Waals surface area contributed by atoms with Crippen LogP contribution in [0.25, 0.3) is 11.1 Å². The van der Waals surface area contributed by atoms with Crippen molar-refractivity contribution in [3.8, 4) is 0 Å². The Morgan fingerprint density at radius 1 is 0.875 bits per heavy atom. The van der Waals surface area contributed by atoms with Crippen molar-refractivity contribution in [3.63, 3.8) is 0 Å². The number of anilines is 1. The monoisotopic (exact) mass is 676 g/mol. The highest BCUT2D eigenvalue weighted by Gasteiger charge is 2.40. The summed E-state index contributed by atoms with van der Waals surface area (Å²) in [5.74, 6) is 0. The molecule has 1 aromatic rings. The van der Waals surface area contributed by atoms with E-state index in [1.807, 2.05) is 19.1 Å². The van der Waals surface area contributed by atoms with Crippen molar-refractivity contribution in [1.82, 2.24) is 9.80 Å². The van der Waals surface area contributed by atoms with E-state index in [0.29, 0.717) is 16.9 Å². The summed E-state index contributed by atoms with van der Waals surface area (Å²) >= 11 is 0. The quantitative estimate of drug-likeness (QED) is 0.166. The first-order chi connectivity index (χ1) is 22.7. The summed E-state index contributed by atoms with van der Waals surface area (Å²) < 4.78 is 48.1. The fourth-order valence-electron chi connectivity index (χ4n) is 6.88. The molecule has 1 N–H and O–H groups in total.